The Labute approximate surface area is 196 Å². The number of aromatic nitrogens is 4. The van der Waals surface area contributed by atoms with Crippen molar-refractivity contribution in [1.82, 2.24) is 19.7 Å². The van der Waals surface area contributed by atoms with Gasteiger partial charge in [-0.1, -0.05) is 11.6 Å². The van der Waals surface area contributed by atoms with Crippen LogP contribution in [0.15, 0.2) is 36.7 Å². The molecule has 0 unspecified atom stereocenters. The zero-order chi connectivity index (χ0) is 22.3. The minimum absolute atomic E-state index is 0.0977. The summed E-state index contributed by atoms with van der Waals surface area (Å²) in [7, 11) is 0. The quantitative estimate of drug-likeness (QED) is 0.313. The molecule has 0 bridgehead atoms. The summed E-state index contributed by atoms with van der Waals surface area (Å²) in [5.41, 5.74) is 0.617. The van der Waals surface area contributed by atoms with E-state index in [2.05, 4.69) is 43.0 Å². The molecular weight excluding hydrogens is 566 g/mol. The number of carbonyl (C=O) groups is 1. The molecule has 0 aliphatic carbocycles. The number of thiazole rings is 1. The Hall–Kier alpha value is -2.25. The average molecular weight is 578 g/mol. The number of aryl methyl sites for hydroxylation is 1. The summed E-state index contributed by atoms with van der Waals surface area (Å²) in [5, 5.41) is 8.58. The Kier molecular flexibility index (Phi) is 5.92. The van der Waals surface area contributed by atoms with E-state index in [4.69, 9.17) is 11.6 Å². The number of halogens is 5. The average Bonchev–Trinajstić information content (AvgIpc) is 3.25. The van der Waals surface area contributed by atoms with Gasteiger partial charge in [0.05, 0.1) is 42.9 Å². The molecule has 0 spiro atoms. The SMILES string of the molecule is Cc1nn(Cc2ncc(I)s2)c2ncc(C(=O)Nc3ccc(C(F)(F)F)cc3)c(Cl)c12. The third-order valence-electron chi connectivity index (χ3n) is 4.40. The van der Waals surface area contributed by atoms with Gasteiger partial charge >= 0.3 is 6.18 Å². The van der Waals surface area contributed by atoms with Crippen LogP contribution in [-0.4, -0.2) is 25.7 Å². The number of pyridine rings is 1. The molecule has 0 aliphatic heterocycles. The lowest BCUT2D eigenvalue weighted by Crippen LogP contribution is -2.14. The molecule has 160 valence electrons. The fourth-order valence-electron chi connectivity index (χ4n) is 2.97. The predicted molar refractivity (Wildman–Crippen MR) is 121 cm³/mol. The number of rotatable bonds is 4. The summed E-state index contributed by atoms with van der Waals surface area (Å²) in [5.74, 6) is -0.583. The molecule has 4 rings (SSSR count). The number of anilines is 1. The molecule has 31 heavy (non-hydrogen) atoms. The molecule has 3 heterocycles. The van der Waals surface area contributed by atoms with E-state index in [-0.39, 0.29) is 16.3 Å². The van der Waals surface area contributed by atoms with Crippen LogP contribution >= 0.6 is 45.5 Å². The van der Waals surface area contributed by atoms with E-state index in [0.29, 0.717) is 23.3 Å². The molecule has 0 saturated carbocycles. The van der Waals surface area contributed by atoms with Gasteiger partial charge in [0.25, 0.3) is 5.91 Å². The minimum Gasteiger partial charge on any atom is -0.322 e. The standard InChI is InChI=1S/C19H12ClF3IN5OS/c1-9-15-16(20)12(18(30)27-11-4-2-10(3-5-11)19(21,22)23)6-26-17(15)29(28-9)8-14-25-7-13(24)31-14/h2-7H,8H2,1H3,(H,27,30). The molecule has 3 aromatic heterocycles. The van der Waals surface area contributed by atoms with E-state index in [9.17, 15) is 18.0 Å². The number of carbonyl (C=O) groups excluding carboxylic acids is 1. The van der Waals surface area contributed by atoms with Crippen LogP contribution in [0.2, 0.25) is 5.02 Å². The van der Waals surface area contributed by atoms with Crippen molar-refractivity contribution in [2.45, 2.75) is 19.6 Å². The molecule has 0 radical (unpaired) electrons. The first-order valence-corrected chi connectivity index (χ1v) is 11.0. The zero-order valence-electron chi connectivity index (χ0n) is 15.7. The lowest BCUT2D eigenvalue weighted by Gasteiger charge is -2.10. The Bertz CT molecular complexity index is 1290. The van der Waals surface area contributed by atoms with Crippen molar-refractivity contribution in [3.63, 3.8) is 0 Å². The fraction of sp³-hybridized carbons (Fsp3) is 0.158. The van der Waals surface area contributed by atoms with E-state index in [1.807, 2.05) is 0 Å². The highest BCUT2D eigenvalue weighted by molar-refractivity contribution is 14.1. The second kappa shape index (κ2) is 8.36. The normalized spacial score (nSPS) is 11.8. The molecule has 12 heteroatoms. The number of hydrogen-bond acceptors (Lipinski definition) is 5. The van der Waals surface area contributed by atoms with Crippen molar-refractivity contribution in [1.29, 1.82) is 0 Å². The van der Waals surface area contributed by atoms with Crippen molar-refractivity contribution < 1.29 is 18.0 Å². The van der Waals surface area contributed by atoms with Gasteiger partial charge in [0, 0.05) is 11.9 Å². The van der Waals surface area contributed by atoms with Gasteiger partial charge in [-0.05, 0) is 53.8 Å². The van der Waals surface area contributed by atoms with Crippen LogP contribution in [0, 0.1) is 9.81 Å². The van der Waals surface area contributed by atoms with E-state index in [1.54, 1.807) is 17.8 Å². The van der Waals surface area contributed by atoms with Gasteiger partial charge in [-0.3, -0.25) is 4.79 Å². The molecule has 0 saturated heterocycles. The topological polar surface area (TPSA) is 72.7 Å². The fourth-order valence-corrected chi connectivity index (χ4v) is 4.85. The highest BCUT2D eigenvalue weighted by Crippen LogP contribution is 2.31. The number of alkyl halides is 3. The number of nitrogens with zero attached hydrogens (tertiary/aromatic N) is 4. The number of nitrogens with one attached hydrogen (secondary N) is 1. The smallest absolute Gasteiger partial charge is 0.322 e. The first-order chi connectivity index (χ1) is 14.6. The molecule has 4 aromatic rings. The maximum atomic E-state index is 12.7. The van der Waals surface area contributed by atoms with Gasteiger partial charge in [-0.25, -0.2) is 14.6 Å². The van der Waals surface area contributed by atoms with Crippen molar-refractivity contribution in [3.05, 3.63) is 66.4 Å². The summed E-state index contributed by atoms with van der Waals surface area (Å²) >= 11 is 10.2. The maximum absolute atomic E-state index is 12.7. The Morgan fingerprint density at radius 3 is 2.55 bits per heavy atom. The summed E-state index contributed by atoms with van der Waals surface area (Å²) in [6.07, 6.45) is -1.36. The van der Waals surface area contributed by atoms with Crippen LogP contribution in [0.5, 0.6) is 0 Å². The van der Waals surface area contributed by atoms with E-state index >= 15 is 0 Å². The maximum Gasteiger partial charge on any atom is 0.416 e. The van der Waals surface area contributed by atoms with Crippen LogP contribution in [0.4, 0.5) is 18.9 Å². The van der Waals surface area contributed by atoms with Crippen LogP contribution in [0.25, 0.3) is 11.0 Å². The van der Waals surface area contributed by atoms with Gasteiger partial charge in [-0.2, -0.15) is 18.3 Å². The third kappa shape index (κ3) is 4.53. The number of amides is 1. The van der Waals surface area contributed by atoms with Crippen LogP contribution in [-0.2, 0) is 12.7 Å². The zero-order valence-corrected chi connectivity index (χ0v) is 19.4. The molecular formula is C19H12ClF3IN5OS. The Morgan fingerprint density at radius 2 is 1.94 bits per heavy atom. The molecule has 1 aromatic carbocycles. The van der Waals surface area contributed by atoms with Gasteiger partial charge < -0.3 is 5.32 Å². The molecule has 0 atom stereocenters. The van der Waals surface area contributed by atoms with Crippen LogP contribution in [0.1, 0.15) is 26.6 Å². The number of benzene rings is 1. The van der Waals surface area contributed by atoms with Gasteiger partial charge in [-0.15, -0.1) is 11.3 Å². The lowest BCUT2D eigenvalue weighted by molar-refractivity contribution is -0.137. The van der Waals surface area contributed by atoms with Gasteiger partial charge in [0.15, 0.2) is 5.65 Å². The number of hydrogen-bond donors (Lipinski definition) is 1. The van der Waals surface area contributed by atoms with E-state index < -0.39 is 17.6 Å². The lowest BCUT2D eigenvalue weighted by atomic mass is 10.1. The van der Waals surface area contributed by atoms with Crippen molar-refractivity contribution in [3.8, 4) is 0 Å². The van der Waals surface area contributed by atoms with Gasteiger partial charge in [0.2, 0.25) is 0 Å². The second-order valence-electron chi connectivity index (χ2n) is 6.51. The van der Waals surface area contributed by atoms with Crippen LogP contribution < -0.4 is 5.32 Å². The van der Waals surface area contributed by atoms with Gasteiger partial charge in [0.1, 0.15) is 5.01 Å². The summed E-state index contributed by atoms with van der Waals surface area (Å²) in [6.45, 7) is 2.17. The summed E-state index contributed by atoms with van der Waals surface area (Å²) in [4.78, 5) is 21.4. The first-order valence-electron chi connectivity index (χ1n) is 8.74. The highest BCUT2D eigenvalue weighted by Gasteiger charge is 2.30. The largest absolute Gasteiger partial charge is 0.416 e. The molecule has 0 aliphatic rings. The molecule has 1 amide bonds. The minimum atomic E-state index is -4.45. The monoisotopic (exact) mass is 577 g/mol. The Morgan fingerprint density at radius 1 is 1.23 bits per heavy atom. The predicted octanol–water partition coefficient (Wildman–Crippen LogP) is 5.77. The van der Waals surface area contributed by atoms with Crippen LogP contribution in [0.3, 0.4) is 0 Å². The van der Waals surface area contributed by atoms with Crippen molar-refractivity contribution >= 4 is 68.2 Å². The molecule has 0 fully saturated rings. The van der Waals surface area contributed by atoms with Crippen molar-refractivity contribution in [2.24, 2.45) is 0 Å². The van der Waals surface area contributed by atoms with E-state index in [1.165, 1.54) is 29.7 Å². The highest BCUT2D eigenvalue weighted by atomic mass is 127. The Balaban J connectivity index is 1.61. The first kappa shape index (κ1) is 22.0. The second-order valence-corrected chi connectivity index (χ2v) is 9.90. The van der Waals surface area contributed by atoms with Crippen molar-refractivity contribution in [2.75, 3.05) is 5.32 Å². The summed E-state index contributed by atoms with van der Waals surface area (Å²) in [6, 6.07) is 4.15. The third-order valence-corrected chi connectivity index (χ3v) is 6.50. The molecule has 1 N–H and O–H groups in total. The summed E-state index contributed by atoms with van der Waals surface area (Å²) < 4.78 is 40.8. The molecule has 6 nitrogen and oxygen atoms in total. The number of fused-ring (bicyclic) bond motifs is 1. The van der Waals surface area contributed by atoms with E-state index in [0.717, 1.165) is 20.0 Å².